The molecule has 0 bridgehead atoms. The van der Waals surface area contributed by atoms with Crippen LogP contribution in [0.25, 0.3) is 11.0 Å². The van der Waals surface area contributed by atoms with Crippen molar-refractivity contribution < 1.29 is 9.90 Å². The van der Waals surface area contributed by atoms with E-state index in [1.54, 1.807) is 6.07 Å². The Morgan fingerprint density at radius 3 is 3.00 bits per heavy atom. The number of H-pyrrole nitrogens is 1. The molecule has 2 aromatic heterocycles. The SMILES string of the molecule is CCCCc1ccc2[nH]c(C(=O)O)cc2n1. The molecular formula is C12H14N2O2. The molecule has 0 atom stereocenters. The number of nitrogens with zero attached hydrogens (tertiary/aromatic N) is 1. The maximum atomic E-state index is 10.8. The molecule has 0 aliphatic heterocycles. The molecule has 0 radical (unpaired) electrons. The highest BCUT2D eigenvalue weighted by atomic mass is 16.4. The van der Waals surface area contributed by atoms with Gasteiger partial charge in [-0.2, -0.15) is 0 Å². The van der Waals surface area contributed by atoms with Crippen LogP contribution in [-0.4, -0.2) is 21.0 Å². The highest BCUT2D eigenvalue weighted by Crippen LogP contribution is 2.14. The van der Waals surface area contributed by atoms with Gasteiger partial charge in [-0.1, -0.05) is 13.3 Å². The minimum atomic E-state index is -0.951. The van der Waals surface area contributed by atoms with Crippen LogP contribution in [0.15, 0.2) is 18.2 Å². The zero-order chi connectivity index (χ0) is 11.5. The van der Waals surface area contributed by atoms with Gasteiger partial charge in [0.1, 0.15) is 5.69 Å². The summed E-state index contributed by atoms with van der Waals surface area (Å²) in [6.07, 6.45) is 3.18. The van der Waals surface area contributed by atoms with E-state index in [0.29, 0.717) is 0 Å². The average molecular weight is 218 g/mol. The van der Waals surface area contributed by atoms with Crippen molar-refractivity contribution in [2.45, 2.75) is 26.2 Å². The van der Waals surface area contributed by atoms with Crippen molar-refractivity contribution in [1.82, 2.24) is 9.97 Å². The lowest BCUT2D eigenvalue weighted by molar-refractivity contribution is 0.0691. The van der Waals surface area contributed by atoms with Gasteiger partial charge >= 0.3 is 5.97 Å². The van der Waals surface area contributed by atoms with E-state index in [-0.39, 0.29) is 5.69 Å². The van der Waals surface area contributed by atoms with E-state index in [0.717, 1.165) is 36.0 Å². The Hall–Kier alpha value is -1.84. The Morgan fingerprint density at radius 1 is 1.50 bits per heavy atom. The summed E-state index contributed by atoms with van der Waals surface area (Å²) in [6, 6.07) is 5.41. The van der Waals surface area contributed by atoms with Crippen LogP contribution < -0.4 is 0 Å². The Kier molecular flexibility index (Phi) is 2.90. The van der Waals surface area contributed by atoms with Crippen LogP contribution in [0.4, 0.5) is 0 Å². The third-order valence-corrected chi connectivity index (χ3v) is 2.55. The number of fused-ring (bicyclic) bond motifs is 1. The molecular weight excluding hydrogens is 204 g/mol. The summed E-state index contributed by atoms with van der Waals surface area (Å²) in [6.45, 7) is 2.14. The lowest BCUT2D eigenvalue weighted by Crippen LogP contribution is -1.94. The van der Waals surface area contributed by atoms with Crippen molar-refractivity contribution >= 4 is 17.0 Å². The van der Waals surface area contributed by atoms with E-state index in [2.05, 4.69) is 16.9 Å². The lowest BCUT2D eigenvalue weighted by Gasteiger charge is -1.98. The second-order valence-electron chi connectivity index (χ2n) is 3.83. The highest BCUT2D eigenvalue weighted by Gasteiger charge is 2.08. The number of carbonyl (C=O) groups is 1. The van der Waals surface area contributed by atoms with Gasteiger partial charge in [0.25, 0.3) is 0 Å². The maximum Gasteiger partial charge on any atom is 0.352 e. The number of unbranched alkanes of at least 4 members (excludes halogenated alkanes) is 1. The summed E-state index contributed by atoms with van der Waals surface area (Å²) in [5.41, 5.74) is 2.71. The maximum absolute atomic E-state index is 10.8. The molecule has 0 unspecified atom stereocenters. The Balaban J connectivity index is 2.34. The zero-order valence-electron chi connectivity index (χ0n) is 9.16. The first-order valence-corrected chi connectivity index (χ1v) is 5.42. The van der Waals surface area contributed by atoms with Crippen LogP contribution in [0, 0.1) is 0 Å². The molecule has 0 spiro atoms. The van der Waals surface area contributed by atoms with Gasteiger partial charge in [-0.3, -0.25) is 4.98 Å². The zero-order valence-corrected chi connectivity index (χ0v) is 9.16. The van der Waals surface area contributed by atoms with Gasteiger partial charge in [0.05, 0.1) is 11.0 Å². The fourth-order valence-corrected chi connectivity index (χ4v) is 1.66. The van der Waals surface area contributed by atoms with Gasteiger partial charge < -0.3 is 10.1 Å². The smallest absolute Gasteiger partial charge is 0.352 e. The van der Waals surface area contributed by atoms with Crippen molar-refractivity contribution in [3.63, 3.8) is 0 Å². The first kappa shape index (κ1) is 10.7. The second-order valence-corrected chi connectivity index (χ2v) is 3.83. The number of hydrogen-bond donors (Lipinski definition) is 2. The molecule has 0 saturated heterocycles. The molecule has 16 heavy (non-hydrogen) atoms. The first-order valence-electron chi connectivity index (χ1n) is 5.42. The summed E-state index contributed by atoms with van der Waals surface area (Å²) >= 11 is 0. The van der Waals surface area contributed by atoms with Crippen LogP contribution in [0.1, 0.15) is 35.9 Å². The van der Waals surface area contributed by atoms with E-state index >= 15 is 0 Å². The Bertz CT molecular complexity index is 517. The highest BCUT2D eigenvalue weighted by molar-refractivity contribution is 5.92. The minimum Gasteiger partial charge on any atom is -0.477 e. The Labute approximate surface area is 93.3 Å². The monoisotopic (exact) mass is 218 g/mol. The van der Waals surface area contributed by atoms with Crippen LogP contribution in [-0.2, 0) is 6.42 Å². The van der Waals surface area contributed by atoms with Gasteiger partial charge in [0, 0.05) is 5.69 Å². The van der Waals surface area contributed by atoms with Gasteiger partial charge in [-0.05, 0) is 31.0 Å². The molecule has 4 nitrogen and oxygen atoms in total. The predicted molar refractivity (Wildman–Crippen MR) is 61.7 cm³/mol. The third kappa shape index (κ3) is 2.05. The summed E-state index contributed by atoms with van der Waals surface area (Å²) < 4.78 is 0. The van der Waals surface area contributed by atoms with Crippen molar-refractivity contribution in [2.75, 3.05) is 0 Å². The summed E-state index contributed by atoms with van der Waals surface area (Å²) in [5.74, 6) is -0.951. The molecule has 2 aromatic rings. The first-order chi connectivity index (χ1) is 7.70. The van der Waals surface area contributed by atoms with Gasteiger partial charge in [0.2, 0.25) is 0 Å². The second kappa shape index (κ2) is 4.35. The van der Waals surface area contributed by atoms with Crippen molar-refractivity contribution in [1.29, 1.82) is 0 Å². The van der Waals surface area contributed by atoms with E-state index < -0.39 is 5.97 Å². The van der Waals surface area contributed by atoms with Gasteiger partial charge in [0.15, 0.2) is 0 Å². The van der Waals surface area contributed by atoms with Crippen molar-refractivity contribution in [3.05, 3.63) is 29.6 Å². The number of carboxylic acids is 1. The molecule has 2 N–H and O–H groups in total. The fraction of sp³-hybridized carbons (Fsp3) is 0.333. The molecule has 0 aliphatic rings. The van der Waals surface area contributed by atoms with Gasteiger partial charge in [-0.15, -0.1) is 0 Å². The van der Waals surface area contributed by atoms with Crippen LogP contribution >= 0.6 is 0 Å². The number of carboxylic acid groups (broad SMARTS) is 1. The standard InChI is InChI=1S/C12H14N2O2/c1-2-3-4-8-5-6-9-10(13-8)7-11(14-9)12(15)16/h5-7,14H,2-4H2,1H3,(H,15,16). The molecule has 2 rings (SSSR count). The molecule has 0 aliphatic carbocycles. The average Bonchev–Trinajstić information content (AvgIpc) is 2.69. The van der Waals surface area contributed by atoms with E-state index in [4.69, 9.17) is 5.11 Å². The molecule has 0 aromatic carbocycles. The molecule has 2 heterocycles. The summed E-state index contributed by atoms with van der Waals surface area (Å²) in [5, 5.41) is 8.84. The van der Waals surface area contributed by atoms with Crippen molar-refractivity contribution in [2.24, 2.45) is 0 Å². The fourth-order valence-electron chi connectivity index (χ4n) is 1.66. The molecule has 84 valence electrons. The molecule has 4 heteroatoms. The quantitative estimate of drug-likeness (QED) is 0.828. The summed E-state index contributed by atoms with van der Waals surface area (Å²) in [7, 11) is 0. The molecule has 0 amide bonds. The van der Waals surface area contributed by atoms with E-state index in [1.807, 2.05) is 12.1 Å². The Morgan fingerprint density at radius 2 is 2.31 bits per heavy atom. The van der Waals surface area contributed by atoms with Crippen LogP contribution in [0.2, 0.25) is 0 Å². The van der Waals surface area contributed by atoms with E-state index in [9.17, 15) is 4.79 Å². The topological polar surface area (TPSA) is 66.0 Å². The number of aryl methyl sites for hydroxylation is 1. The normalized spacial score (nSPS) is 10.8. The summed E-state index contributed by atoms with van der Waals surface area (Å²) in [4.78, 5) is 18.0. The van der Waals surface area contributed by atoms with Crippen molar-refractivity contribution in [3.8, 4) is 0 Å². The minimum absolute atomic E-state index is 0.190. The van der Waals surface area contributed by atoms with E-state index in [1.165, 1.54) is 0 Å². The number of nitrogens with one attached hydrogen (secondary N) is 1. The van der Waals surface area contributed by atoms with Crippen LogP contribution in [0.5, 0.6) is 0 Å². The van der Waals surface area contributed by atoms with Crippen LogP contribution in [0.3, 0.4) is 0 Å². The largest absolute Gasteiger partial charge is 0.477 e. The number of hydrogen-bond acceptors (Lipinski definition) is 2. The number of rotatable bonds is 4. The molecule has 0 saturated carbocycles. The number of aromatic carboxylic acids is 1. The number of pyridine rings is 1. The van der Waals surface area contributed by atoms with Gasteiger partial charge in [-0.25, -0.2) is 4.79 Å². The number of aromatic nitrogens is 2. The number of aromatic amines is 1. The lowest BCUT2D eigenvalue weighted by atomic mass is 10.2. The molecule has 0 fully saturated rings. The third-order valence-electron chi connectivity index (χ3n) is 2.55. The predicted octanol–water partition coefficient (Wildman–Crippen LogP) is 2.60.